The van der Waals surface area contributed by atoms with Gasteiger partial charge >= 0.3 is 5.76 Å². The predicted octanol–water partition coefficient (Wildman–Crippen LogP) is 1.73. The maximum atomic E-state index is 12.7. The Hall–Kier alpha value is -1.64. The van der Waals surface area contributed by atoms with Gasteiger partial charge in [0.15, 0.2) is 4.90 Å². The monoisotopic (exact) mass is 255 g/mol. The molecule has 88 valence electrons. The van der Waals surface area contributed by atoms with E-state index in [1.165, 1.54) is 0 Å². The van der Waals surface area contributed by atoms with E-state index in [0.717, 1.165) is 0 Å². The van der Waals surface area contributed by atoms with Gasteiger partial charge in [-0.1, -0.05) is 0 Å². The normalized spacial score (nSPS) is 11.8. The Bertz CT molecular complexity index is 528. The molecule has 0 unspecified atom stereocenters. The first kappa shape index (κ1) is 12.4. The lowest BCUT2D eigenvalue weighted by Crippen LogP contribution is -2.13. The van der Waals surface area contributed by atoms with E-state index >= 15 is 0 Å². The summed E-state index contributed by atoms with van der Waals surface area (Å²) in [5, 5.41) is 10.4. The van der Waals surface area contributed by atoms with Crippen molar-refractivity contribution < 1.29 is 26.5 Å². The SMILES string of the molecule is O=[N+]([O-])c1ccc(F)cc1S(=O)(=O)C(F)F. The third kappa shape index (κ3) is 2.13. The Morgan fingerprint density at radius 3 is 2.31 bits per heavy atom. The van der Waals surface area contributed by atoms with Gasteiger partial charge in [0, 0.05) is 6.07 Å². The first-order valence-electron chi connectivity index (χ1n) is 3.73. The number of nitro groups is 1. The molecular formula is C7H4F3NO4S. The van der Waals surface area contributed by atoms with Crippen molar-refractivity contribution in [1.29, 1.82) is 0 Å². The molecule has 5 nitrogen and oxygen atoms in total. The molecule has 0 amide bonds. The van der Waals surface area contributed by atoms with Crippen LogP contribution in [-0.4, -0.2) is 19.1 Å². The zero-order chi connectivity index (χ0) is 12.5. The molecule has 0 saturated carbocycles. The smallest absolute Gasteiger partial charge is 0.258 e. The summed E-state index contributed by atoms with van der Waals surface area (Å²) in [5.74, 6) is -4.99. The van der Waals surface area contributed by atoms with Crippen molar-refractivity contribution in [2.24, 2.45) is 0 Å². The Kier molecular flexibility index (Phi) is 3.17. The number of benzene rings is 1. The van der Waals surface area contributed by atoms with Crippen LogP contribution in [-0.2, 0) is 9.84 Å². The van der Waals surface area contributed by atoms with Crippen LogP contribution in [0, 0.1) is 15.9 Å². The van der Waals surface area contributed by atoms with Crippen LogP contribution >= 0.6 is 0 Å². The Morgan fingerprint density at radius 2 is 1.88 bits per heavy atom. The van der Waals surface area contributed by atoms with Gasteiger partial charge in [-0.05, 0) is 12.1 Å². The molecule has 0 atom stereocenters. The number of halogens is 3. The van der Waals surface area contributed by atoms with Crippen LogP contribution < -0.4 is 0 Å². The van der Waals surface area contributed by atoms with Crippen molar-refractivity contribution in [3.05, 3.63) is 34.1 Å². The van der Waals surface area contributed by atoms with Crippen LogP contribution in [0.25, 0.3) is 0 Å². The molecule has 1 rings (SSSR count). The molecule has 9 heteroatoms. The van der Waals surface area contributed by atoms with E-state index in [2.05, 4.69) is 0 Å². The molecule has 0 heterocycles. The highest BCUT2D eigenvalue weighted by molar-refractivity contribution is 7.91. The maximum Gasteiger partial charge on any atom is 0.341 e. The first-order valence-corrected chi connectivity index (χ1v) is 5.27. The summed E-state index contributed by atoms with van der Waals surface area (Å²) in [6.45, 7) is 0. The van der Waals surface area contributed by atoms with Gasteiger partial charge in [-0.15, -0.1) is 0 Å². The quantitative estimate of drug-likeness (QED) is 0.608. The highest BCUT2D eigenvalue weighted by Gasteiger charge is 2.34. The molecule has 0 bridgehead atoms. The number of hydrogen-bond donors (Lipinski definition) is 0. The minimum absolute atomic E-state index is 0.194. The zero-order valence-corrected chi connectivity index (χ0v) is 8.25. The van der Waals surface area contributed by atoms with Crippen LogP contribution in [0.4, 0.5) is 18.9 Å². The van der Waals surface area contributed by atoms with Gasteiger partial charge in [-0.3, -0.25) is 10.1 Å². The van der Waals surface area contributed by atoms with Gasteiger partial charge in [0.25, 0.3) is 5.69 Å². The third-order valence-electron chi connectivity index (χ3n) is 1.66. The molecule has 0 fully saturated rings. The van der Waals surface area contributed by atoms with Crippen LogP contribution in [0.15, 0.2) is 23.1 Å². The Balaban J connectivity index is 3.54. The van der Waals surface area contributed by atoms with Crippen LogP contribution in [0.5, 0.6) is 0 Å². The number of nitrogens with zero attached hydrogens (tertiary/aromatic N) is 1. The number of rotatable bonds is 3. The first-order chi connectivity index (χ1) is 7.26. The maximum absolute atomic E-state index is 12.7. The average Bonchev–Trinajstić information content (AvgIpc) is 2.16. The van der Waals surface area contributed by atoms with Crippen molar-refractivity contribution in [2.75, 3.05) is 0 Å². The predicted molar refractivity (Wildman–Crippen MR) is 46.2 cm³/mol. The largest absolute Gasteiger partial charge is 0.341 e. The van der Waals surface area contributed by atoms with Gasteiger partial charge in [0.1, 0.15) is 5.82 Å². The lowest BCUT2D eigenvalue weighted by molar-refractivity contribution is -0.387. The molecule has 0 spiro atoms. The molecule has 1 aromatic carbocycles. The minimum atomic E-state index is -5.19. The second kappa shape index (κ2) is 4.08. The fourth-order valence-corrected chi connectivity index (χ4v) is 1.87. The summed E-state index contributed by atoms with van der Waals surface area (Å²) >= 11 is 0. The molecule has 16 heavy (non-hydrogen) atoms. The number of hydrogen-bond acceptors (Lipinski definition) is 4. The molecule has 0 aromatic heterocycles. The third-order valence-corrected chi connectivity index (χ3v) is 3.07. The van der Waals surface area contributed by atoms with Gasteiger partial charge in [0.2, 0.25) is 9.84 Å². The Labute approximate surface area is 87.6 Å². The highest BCUT2D eigenvalue weighted by Crippen LogP contribution is 2.28. The van der Waals surface area contributed by atoms with E-state index in [0.29, 0.717) is 12.1 Å². The van der Waals surface area contributed by atoms with Crippen molar-refractivity contribution in [3.63, 3.8) is 0 Å². The van der Waals surface area contributed by atoms with Gasteiger partial charge in [0.05, 0.1) is 4.92 Å². The molecule has 0 N–H and O–H groups in total. The molecule has 0 aliphatic carbocycles. The summed E-state index contributed by atoms with van der Waals surface area (Å²) in [6.07, 6.45) is 0. The van der Waals surface area contributed by atoms with Crippen LogP contribution in [0.2, 0.25) is 0 Å². The summed E-state index contributed by atoms with van der Waals surface area (Å²) < 4.78 is 58.9. The molecule has 0 aliphatic heterocycles. The van der Waals surface area contributed by atoms with Gasteiger partial charge in [-0.2, -0.15) is 8.78 Å². The fourth-order valence-electron chi connectivity index (χ4n) is 0.963. The molecule has 0 saturated heterocycles. The minimum Gasteiger partial charge on any atom is -0.258 e. The number of sulfone groups is 1. The van der Waals surface area contributed by atoms with E-state index in [-0.39, 0.29) is 6.07 Å². The second-order valence-electron chi connectivity index (χ2n) is 2.67. The Morgan fingerprint density at radius 1 is 1.31 bits per heavy atom. The van der Waals surface area contributed by atoms with Crippen molar-refractivity contribution in [1.82, 2.24) is 0 Å². The van der Waals surface area contributed by atoms with E-state index in [1.54, 1.807) is 0 Å². The van der Waals surface area contributed by atoms with Crippen molar-refractivity contribution in [2.45, 2.75) is 10.7 Å². The zero-order valence-electron chi connectivity index (χ0n) is 7.43. The molecule has 1 aromatic rings. The van der Waals surface area contributed by atoms with E-state index in [9.17, 15) is 31.7 Å². The van der Waals surface area contributed by atoms with Crippen molar-refractivity contribution in [3.8, 4) is 0 Å². The second-order valence-corrected chi connectivity index (χ2v) is 4.56. The summed E-state index contributed by atoms with van der Waals surface area (Å²) in [6, 6.07) is 1.33. The number of nitro benzene ring substituents is 1. The van der Waals surface area contributed by atoms with Crippen LogP contribution in [0.3, 0.4) is 0 Å². The van der Waals surface area contributed by atoms with Gasteiger partial charge < -0.3 is 0 Å². The fraction of sp³-hybridized carbons (Fsp3) is 0.143. The molecule has 0 aliphatic rings. The summed E-state index contributed by atoms with van der Waals surface area (Å²) in [7, 11) is -5.19. The van der Waals surface area contributed by atoms with E-state index < -0.39 is 36.9 Å². The average molecular weight is 255 g/mol. The topological polar surface area (TPSA) is 77.3 Å². The summed E-state index contributed by atoms with van der Waals surface area (Å²) in [5.41, 5.74) is -1.08. The molecular weight excluding hydrogens is 251 g/mol. The van der Waals surface area contributed by atoms with Gasteiger partial charge in [-0.25, -0.2) is 12.8 Å². The van der Waals surface area contributed by atoms with E-state index in [1.807, 2.05) is 0 Å². The standard InChI is InChI=1S/C7H4F3NO4S/c8-4-1-2-5(11(12)13)6(3-4)16(14,15)7(9)10/h1-3,7H. The lowest BCUT2D eigenvalue weighted by Gasteiger charge is -2.03. The van der Waals surface area contributed by atoms with Crippen molar-refractivity contribution >= 4 is 15.5 Å². The lowest BCUT2D eigenvalue weighted by atomic mass is 10.3. The highest BCUT2D eigenvalue weighted by atomic mass is 32.2. The van der Waals surface area contributed by atoms with Crippen LogP contribution in [0.1, 0.15) is 0 Å². The molecule has 0 radical (unpaired) electrons. The van der Waals surface area contributed by atoms with E-state index in [4.69, 9.17) is 0 Å². The summed E-state index contributed by atoms with van der Waals surface area (Å²) in [4.78, 5) is 7.88. The number of alkyl halides is 2.